The Morgan fingerprint density at radius 3 is 2.54 bits per heavy atom. The molecule has 2 aromatic rings. The number of alkyl carbamates (subject to hydrolysis) is 1. The number of benzene rings is 2. The predicted molar refractivity (Wildman–Crippen MR) is 94.5 cm³/mol. The van der Waals surface area contributed by atoms with Gasteiger partial charge in [0, 0.05) is 12.6 Å². The molecule has 1 aliphatic heterocycles. The van der Waals surface area contributed by atoms with Gasteiger partial charge in [-0.3, -0.25) is 0 Å². The Kier molecular flexibility index (Phi) is 5.85. The van der Waals surface area contributed by atoms with E-state index < -0.39 is 0 Å². The zero-order valence-electron chi connectivity index (χ0n) is 13.8. The number of carbonyl (C=O) groups is 1. The molecule has 1 fully saturated rings. The zero-order valence-corrected chi connectivity index (χ0v) is 13.8. The molecule has 0 radical (unpaired) electrons. The van der Waals surface area contributed by atoms with Crippen LogP contribution in [-0.2, 0) is 11.3 Å². The Hall–Kier alpha value is -2.33. The molecular weight excluding hydrogens is 300 g/mol. The van der Waals surface area contributed by atoms with Gasteiger partial charge in [0.05, 0.1) is 0 Å². The van der Waals surface area contributed by atoms with Crippen molar-refractivity contribution in [3.8, 4) is 0 Å². The highest BCUT2D eigenvalue weighted by atomic mass is 16.5. The molecule has 0 aliphatic carbocycles. The first-order chi connectivity index (χ1) is 11.8. The van der Waals surface area contributed by atoms with E-state index in [1.165, 1.54) is 5.56 Å². The summed E-state index contributed by atoms with van der Waals surface area (Å²) in [6.07, 6.45) is 1.76. The summed E-state index contributed by atoms with van der Waals surface area (Å²) in [7, 11) is 0. The molecule has 2 N–H and O–H groups in total. The first-order valence-electron chi connectivity index (χ1n) is 8.54. The summed E-state index contributed by atoms with van der Waals surface area (Å²) in [5.74, 6) is 0.473. The Labute approximate surface area is 143 Å². The van der Waals surface area contributed by atoms with Crippen LogP contribution in [0.5, 0.6) is 0 Å². The molecule has 1 aliphatic rings. The van der Waals surface area contributed by atoms with Gasteiger partial charge in [-0.25, -0.2) is 4.79 Å². The van der Waals surface area contributed by atoms with Gasteiger partial charge in [0.25, 0.3) is 0 Å². The van der Waals surface area contributed by atoms with Gasteiger partial charge in [-0.05, 0) is 36.4 Å². The second-order valence-electron chi connectivity index (χ2n) is 6.25. The van der Waals surface area contributed by atoms with Crippen molar-refractivity contribution in [2.45, 2.75) is 25.5 Å². The summed E-state index contributed by atoms with van der Waals surface area (Å²) >= 11 is 0. The average Bonchev–Trinajstić information content (AvgIpc) is 2.66. The van der Waals surface area contributed by atoms with E-state index in [4.69, 9.17) is 4.74 Å². The lowest BCUT2D eigenvalue weighted by Crippen LogP contribution is -2.38. The summed E-state index contributed by atoms with van der Waals surface area (Å²) in [4.78, 5) is 11.9. The molecule has 0 aromatic heterocycles. The molecular formula is C20H24N2O2. The predicted octanol–water partition coefficient (Wildman–Crippen LogP) is 3.65. The van der Waals surface area contributed by atoms with Crippen LogP contribution in [-0.4, -0.2) is 19.2 Å². The van der Waals surface area contributed by atoms with Gasteiger partial charge in [-0.1, -0.05) is 60.7 Å². The van der Waals surface area contributed by atoms with E-state index in [1.807, 2.05) is 36.4 Å². The first-order valence-corrected chi connectivity index (χ1v) is 8.54. The fourth-order valence-corrected chi connectivity index (χ4v) is 3.12. The fourth-order valence-electron chi connectivity index (χ4n) is 3.12. The van der Waals surface area contributed by atoms with Gasteiger partial charge in [0.2, 0.25) is 0 Å². The monoisotopic (exact) mass is 324 g/mol. The summed E-state index contributed by atoms with van der Waals surface area (Å²) < 4.78 is 5.26. The Bertz CT molecular complexity index is 631. The van der Waals surface area contributed by atoms with Crippen molar-refractivity contribution in [2.75, 3.05) is 13.1 Å². The minimum atomic E-state index is -0.339. The molecule has 1 unspecified atom stereocenters. The van der Waals surface area contributed by atoms with Gasteiger partial charge in [-0.15, -0.1) is 0 Å². The summed E-state index contributed by atoms with van der Waals surface area (Å²) in [5, 5.41) is 6.46. The Morgan fingerprint density at radius 2 is 1.79 bits per heavy atom. The van der Waals surface area contributed by atoms with Gasteiger partial charge in [0.15, 0.2) is 0 Å². The van der Waals surface area contributed by atoms with E-state index in [2.05, 4.69) is 34.9 Å². The number of hydrogen-bond acceptors (Lipinski definition) is 3. The highest BCUT2D eigenvalue weighted by Crippen LogP contribution is 2.26. The summed E-state index contributed by atoms with van der Waals surface area (Å²) in [6.45, 7) is 1.95. The molecule has 1 amide bonds. The maximum atomic E-state index is 11.9. The van der Waals surface area contributed by atoms with Crippen LogP contribution in [0, 0.1) is 5.92 Å². The van der Waals surface area contributed by atoms with Crippen molar-refractivity contribution >= 4 is 6.09 Å². The van der Waals surface area contributed by atoms with E-state index in [1.54, 1.807) is 0 Å². The Balaban J connectivity index is 1.42. The number of hydrogen-bond donors (Lipinski definition) is 2. The van der Waals surface area contributed by atoms with Gasteiger partial charge in [-0.2, -0.15) is 0 Å². The molecule has 0 bridgehead atoms. The standard InChI is InChI=1S/C20H24N2O2/c23-20(24-15-16-7-3-1-4-8-16)22-14-17-11-12-21-19(13-17)18-9-5-2-6-10-18/h1-10,17,19,21H,11-15H2,(H,22,23)/t17-,19?/m0/s1. The van der Waals surface area contributed by atoms with Crippen LogP contribution in [0.15, 0.2) is 60.7 Å². The van der Waals surface area contributed by atoms with E-state index in [0.717, 1.165) is 24.9 Å². The van der Waals surface area contributed by atoms with Crippen molar-refractivity contribution in [1.29, 1.82) is 0 Å². The summed E-state index contributed by atoms with van der Waals surface area (Å²) in [6, 6.07) is 20.6. The molecule has 4 heteroatoms. The van der Waals surface area contributed by atoms with Gasteiger partial charge >= 0.3 is 6.09 Å². The highest BCUT2D eigenvalue weighted by molar-refractivity contribution is 5.67. The second-order valence-corrected chi connectivity index (χ2v) is 6.25. The fraction of sp³-hybridized carbons (Fsp3) is 0.350. The van der Waals surface area contributed by atoms with E-state index in [-0.39, 0.29) is 6.09 Å². The van der Waals surface area contributed by atoms with Crippen LogP contribution in [0.1, 0.15) is 30.0 Å². The van der Waals surface area contributed by atoms with Crippen molar-refractivity contribution in [1.82, 2.24) is 10.6 Å². The SMILES string of the molecule is O=C(NC[C@H]1CCNC(c2ccccc2)C1)OCc1ccccc1. The van der Waals surface area contributed by atoms with Crippen LogP contribution < -0.4 is 10.6 Å². The largest absolute Gasteiger partial charge is 0.445 e. The zero-order chi connectivity index (χ0) is 16.6. The highest BCUT2D eigenvalue weighted by Gasteiger charge is 2.23. The molecule has 126 valence electrons. The van der Waals surface area contributed by atoms with E-state index >= 15 is 0 Å². The molecule has 24 heavy (non-hydrogen) atoms. The number of amides is 1. The second kappa shape index (κ2) is 8.50. The third kappa shape index (κ3) is 4.83. The molecule has 3 rings (SSSR count). The number of rotatable bonds is 5. The van der Waals surface area contributed by atoms with E-state index in [9.17, 15) is 4.79 Å². The molecule has 1 saturated heterocycles. The minimum absolute atomic E-state index is 0.311. The molecule has 2 aromatic carbocycles. The van der Waals surface area contributed by atoms with Crippen molar-refractivity contribution < 1.29 is 9.53 Å². The lowest BCUT2D eigenvalue weighted by atomic mass is 9.89. The number of ether oxygens (including phenoxy) is 1. The smallest absolute Gasteiger partial charge is 0.407 e. The summed E-state index contributed by atoms with van der Waals surface area (Å²) in [5.41, 5.74) is 2.31. The van der Waals surface area contributed by atoms with Crippen molar-refractivity contribution in [2.24, 2.45) is 5.92 Å². The normalized spacial score (nSPS) is 20.3. The maximum Gasteiger partial charge on any atom is 0.407 e. The van der Waals surface area contributed by atoms with Gasteiger partial charge < -0.3 is 15.4 Å². The lowest BCUT2D eigenvalue weighted by Gasteiger charge is -2.30. The van der Waals surface area contributed by atoms with Crippen LogP contribution >= 0.6 is 0 Å². The van der Waals surface area contributed by atoms with Crippen molar-refractivity contribution in [3.63, 3.8) is 0 Å². The van der Waals surface area contributed by atoms with E-state index in [0.29, 0.717) is 25.1 Å². The molecule has 0 spiro atoms. The molecule has 4 nitrogen and oxygen atoms in total. The number of nitrogens with one attached hydrogen (secondary N) is 2. The van der Waals surface area contributed by atoms with Crippen molar-refractivity contribution in [3.05, 3.63) is 71.8 Å². The number of piperidine rings is 1. The molecule has 2 atom stereocenters. The quantitative estimate of drug-likeness (QED) is 0.882. The Morgan fingerprint density at radius 1 is 1.08 bits per heavy atom. The molecule has 1 heterocycles. The number of carbonyl (C=O) groups excluding carboxylic acids is 1. The third-order valence-electron chi connectivity index (χ3n) is 4.46. The van der Waals surface area contributed by atoms with Crippen LogP contribution in [0.4, 0.5) is 4.79 Å². The third-order valence-corrected chi connectivity index (χ3v) is 4.46. The average molecular weight is 324 g/mol. The lowest BCUT2D eigenvalue weighted by molar-refractivity contribution is 0.136. The van der Waals surface area contributed by atoms with Gasteiger partial charge in [0.1, 0.15) is 6.61 Å². The van der Waals surface area contributed by atoms with Crippen LogP contribution in [0.3, 0.4) is 0 Å². The topological polar surface area (TPSA) is 50.4 Å². The molecule has 0 saturated carbocycles. The minimum Gasteiger partial charge on any atom is -0.445 e. The first kappa shape index (κ1) is 16.5. The maximum absolute atomic E-state index is 11.9. The van der Waals surface area contributed by atoms with Crippen LogP contribution in [0.2, 0.25) is 0 Å². The van der Waals surface area contributed by atoms with Crippen LogP contribution in [0.25, 0.3) is 0 Å².